The summed E-state index contributed by atoms with van der Waals surface area (Å²) < 4.78 is 13.1. The number of halogens is 1. The van der Waals surface area contributed by atoms with Crippen molar-refractivity contribution in [1.82, 2.24) is 5.32 Å². The van der Waals surface area contributed by atoms with Crippen LogP contribution in [-0.2, 0) is 0 Å². The van der Waals surface area contributed by atoms with Crippen molar-refractivity contribution >= 4 is 17.7 Å². The fourth-order valence-corrected chi connectivity index (χ4v) is 3.55. The normalized spacial score (nSPS) is 26.6. The molecule has 5 nitrogen and oxygen atoms in total. The lowest BCUT2D eigenvalue weighted by molar-refractivity contribution is 0.0697. The molecule has 2 bridgehead atoms. The largest absolute Gasteiger partial charge is 0.478 e. The highest BCUT2D eigenvalue weighted by Gasteiger charge is 2.40. The molecule has 0 heterocycles. The van der Waals surface area contributed by atoms with Gasteiger partial charge in [0.25, 0.3) is 0 Å². The number of hydrogen-bond acceptors (Lipinski definition) is 2. The van der Waals surface area contributed by atoms with Gasteiger partial charge in [0.1, 0.15) is 5.82 Å². The fourth-order valence-electron chi connectivity index (χ4n) is 3.55. The molecule has 0 radical (unpaired) electrons. The van der Waals surface area contributed by atoms with Crippen LogP contribution in [0.5, 0.6) is 0 Å². The van der Waals surface area contributed by atoms with Gasteiger partial charge in [0.15, 0.2) is 0 Å². The third-order valence-corrected chi connectivity index (χ3v) is 4.51. The average Bonchev–Trinajstić information content (AvgIpc) is 3.02. The van der Waals surface area contributed by atoms with E-state index in [1.165, 1.54) is 18.9 Å². The van der Waals surface area contributed by atoms with E-state index in [0.717, 1.165) is 25.0 Å². The third-order valence-electron chi connectivity index (χ3n) is 4.51. The number of rotatable bonds is 3. The number of carbonyl (C=O) groups is 2. The lowest BCUT2D eigenvalue weighted by Gasteiger charge is -2.23. The van der Waals surface area contributed by atoms with E-state index in [9.17, 15) is 14.0 Å². The van der Waals surface area contributed by atoms with Crippen LogP contribution >= 0.6 is 0 Å². The number of carbonyl (C=O) groups excluding carboxylic acids is 1. The number of urea groups is 1. The molecule has 0 spiro atoms. The number of hydrogen-bond donors (Lipinski definition) is 3. The maximum atomic E-state index is 13.1. The van der Waals surface area contributed by atoms with E-state index in [1.54, 1.807) is 0 Å². The number of nitrogens with one attached hydrogen (secondary N) is 2. The molecular formula is C15H17FN2O3. The number of fused-ring (bicyclic) bond motifs is 2. The first kappa shape index (κ1) is 13.9. The lowest BCUT2D eigenvalue weighted by atomic mass is 9.95. The topological polar surface area (TPSA) is 78.4 Å². The van der Waals surface area contributed by atoms with Gasteiger partial charge in [0, 0.05) is 6.04 Å². The molecule has 2 aliphatic rings. The Bertz CT molecular complexity index is 590. The second-order valence-corrected chi connectivity index (χ2v) is 5.87. The summed E-state index contributed by atoms with van der Waals surface area (Å²) >= 11 is 0. The summed E-state index contributed by atoms with van der Waals surface area (Å²) in [7, 11) is 0. The van der Waals surface area contributed by atoms with E-state index in [-0.39, 0.29) is 17.3 Å². The van der Waals surface area contributed by atoms with Gasteiger partial charge >= 0.3 is 12.0 Å². The molecule has 3 N–H and O–H groups in total. The monoisotopic (exact) mass is 292 g/mol. The molecule has 0 aliphatic heterocycles. The Balaban J connectivity index is 1.66. The predicted octanol–water partition coefficient (Wildman–Crippen LogP) is 2.83. The van der Waals surface area contributed by atoms with Crippen LogP contribution in [0, 0.1) is 17.7 Å². The zero-order valence-corrected chi connectivity index (χ0v) is 11.4. The van der Waals surface area contributed by atoms with Crippen LogP contribution < -0.4 is 10.6 Å². The molecule has 2 saturated carbocycles. The molecular weight excluding hydrogens is 275 g/mol. The molecule has 1 aromatic carbocycles. The highest BCUT2D eigenvalue weighted by atomic mass is 19.1. The minimum absolute atomic E-state index is 0.101. The third kappa shape index (κ3) is 2.84. The van der Waals surface area contributed by atoms with Gasteiger partial charge in [0.05, 0.1) is 11.3 Å². The number of benzene rings is 1. The van der Waals surface area contributed by atoms with Crippen molar-refractivity contribution in [1.29, 1.82) is 0 Å². The molecule has 3 atom stereocenters. The summed E-state index contributed by atoms with van der Waals surface area (Å²) in [5, 5.41) is 14.4. The fraction of sp³-hybridized carbons (Fsp3) is 0.467. The number of carboxylic acids is 1. The first-order valence-electron chi connectivity index (χ1n) is 7.13. The molecule has 0 aromatic heterocycles. The Morgan fingerprint density at radius 2 is 2.05 bits per heavy atom. The molecule has 2 aliphatic carbocycles. The first-order valence-corrected chi connectivity index (χ1v) is 7.13. The van der Waals surface area contributed by atoms with Crippen LogP contribution in [0.3, 0.4) is 0 Å². The highest BCUT2D eigenvalue weighted by Crippen LogP contribution is 2.44. The summed E-state index contributed by atoms with van der Waals surface area (Å²) in [6.45, 7) is 0. The zero-order valence-electron chi connectivity index (χ0n) is 11.4. The van der Waals surface area contributed by atoms with Crippen molar-refractivity contribution in [3.8, 4) is 0 Å². The van der Waals surface area contributed by atoms with Crippen LogP contribution in [0.15, 0.2) is 18.2 Å². The smallest absolute Gasteiger partial charge is 0.337 e. The molecule has 6 heteroatoms. The van der Waals surface area contributed by atoms with Gasteiger partial charge in [-0.05, 0) is 49.3 Å². The highest BCUT2D eigenvalue weighted by molar-refractivity contribution is 6.00. The number of carboxylic acid groups (broad SMARTS) is 1. The summed E-state index contributed by atoms with van der Waals surface area (Å²) in [6, 6.07) is 3.02. The molecule has 2 amide bonds. The van der Waals surface area contributed by atoms with Crippen molar-refractivity contribution in [2.45, 2.75) is 31.7 Å². The van der Waals surface area contributed by atoms with E-state index in [1.807, 2.05) is 0 Å². The van der Waals surface area contributed by atoms with Gasteiger partial charge < -0.3 is 15.7 Å². The minimum atomic E-state index is -1.27. The van der Waals surface area contributed by atoms with E-state index in [4.69, 9.17) is 5.11 Å². The van der Waals surface area contributed by atoms with Gasteiger partial charge in [-0.3, -0.25) is 0 Å². The van der Waals surface area contributed by atoms with E-state index < -0.39 is 17.8 Å². The maximum absolute atomic E-state index is 13.1. The molecule has 3 rings (SSSR count). The Morgan fingerprint density at radius 1 is 1.24 bits per heavy atom. The van der Waals surface area contributed by atoms with Crippen LogP contribution in [0.2, 0.25) is 0 Å². The van der Waals surface area contributed by atoms with Crippen LogP contribution in [0.25, 0.3) is 0 Å². The number of anilines is 1. The van der Waals surface area contributed by atoms with Crippen molar-refractivity contribution < 1.29 is 19.1 Å². The van der Waals surface area contributed by atoms with Crippen LogP contribution in [0.4, 0.5) is 14.9 Å². The van der Waals surface area contributed by atoms with Crippen LogP contribution in [0.1, 0.15) is 36.0 Å². The molecule has 3 unspecified atom stereocenters. The molecule has 2 fully saturated rings. The molecule has 112 valence electrons. The quantitative estimate of drug-likeness (QED) is 0.801. The van der Waals surface area contributed by atoms with Crippen LogP contribution in [-0.4, -0.2) is 23.1 Å². The molecule has 21 heavy (non-hydrogen) atoms. The standard InChI is InChI=1S/C15H17FN2O3/c16-10-3-4-12(11(7-10)14(19)20)17-15(21)18-13-6-8-1-2-9(13)5-8/h3-4,7-9,13H,1-2,5-6H2,(H,19,20)(H2,17,18,21). The van der Waals surface area contributed by atoms with Gasteiger partial charge in [-0.25, -0.2) is 14.0 Å². The summed E-state index contributed by atoms with van der Waals surface area (Å²) in [4.78, 5) is 23.1. The molecule has 1 aromatic rings. The summed E-state index contributed by atoms with van der Waals surface area (Å²) in [5.41, 5.74) is -0.150. The van der Waals surface area contributed by atoms with Gasteiger partial charge in [0.2, 0.25) is 0 Å². The Labute approximate surface area is 121 Å². The lowest BCUT2D eigenvalue weighted by Crippen LogP contribution is -2.41. The Kier molecular flexibility index (Phi) is 3.53. The number of amides is 2. The zero-order chi connectivity index (χ0) is 15.0. The van der Waals surface area contributed by atoms with E-state index in [0.29, 0.717) is 11.8 Å². The predicted molar refractivity (Wildman–Crippen MR) is 74.7 cm³/mol. The van der Waals surface area contributed by atoms with E-state index in [2.05, 4.69) is 10.6 Å². The Morgan fingerprint density at radius 3 is 2.67 bits per heavy atom. The van der Waals surface area contributed by atoms with Crippen molar-refractivity contribution in [3.05, 3.63) is 29.6 Å². The maximum Gasteiger partial charge on any atom is 0.337 e. The van der Waals surface area contributed by atoms with Crippen molar-refractivity contribution in [2.24, 2.45) is 11.8 Å². The number of aromatic carboxylic acids is 1. The van der Waals surface area contributed by atoms with Gasteiger partial charge in [-0.2, -0.15) is 0 Å². The molecule has 0 saturated heterocycles. The van der Waals surface area contributed by atoms with E-state index >= 15 is 0 Å². The summed E-state index contributed by atoms with van der Waals surface area (Å²) in [5.74, 6) is -0.676. The minimum Gasteiger partial charge on any atom is -0.478 e. The average molecular weight is 292 g/mol. The van der Waals surface area contributed by atoms with Gasteiger partial charge in [-0.1, -0.05) is 6.42 Å². The second-order valence-electron chi connectivity index (χ2n) is 5.87. The first-order chi connectivity index (χ1) is 10.0. The van der Waals surface area contributed by atoms with Crippen molar-refractivity contribution in [3.63, 3.8) is 0 Å². The summed E-state index contributed by atoms with van der Waals surface area (Å²) in [6.07, 6.45) is 4.55. The Hall–Kier alpha value is -2.11. The van der Waals surface area contributed by atoms with Crippen molar-refractivity contribution in [2.75, 3.05) is 5.32 Å². The SMILES string of the molecule is O=C(Nc1ccc(F)cc1C(=O)O)NC1CC2CCC1C2. The second kappa shape index (κ2) is 5.35. The van der Waals surface area contributed by atoms with Gasteiger partial charge in [-0.15, -0.1) is 0 Å².